The van der Waals surface area contributed by atoms with Gasteiger partial charge in [-0.15, -0.1) is 11.3 Å². The minimum atomic E-state index is -0.343. The first-order chi connectivity index (χ1) is 16.5. The molecule has 34 heavy (non-hydrogen) atoms. The first-order valence-corrected chi connectivity index (χ1v) is 13.3. The molecule has 1 aromatic heterocycles. The highest BCUT2D eigenvalue weighted by Crippen LogP contribution is 2.40. The fourth-order valence-corrected chi connectivity index (χ4v) is 5.54. The average molecular weight is 488 g/mol. The van der Waals surface area contributed by atoms with Gasteiger partial charge in [0, 0.05) is 11.3 Å². The van der Waals surface area contributed by atoms with Gasteiger partial charge in [-0.25, -0.2) is 4.79 Å². The Hall–Kier alpha value is -2.54. The van der Waals surface area contributed by atoms with Crippen LogP contribution in [0.4, 0.5) is 5.00 Å². The molecule has 7 heteroatoms. The molecule has 1 aliphatic rings. The lowest BCUT2D eigenvalue weighted by Gasteiger charge is -2.18. The maximum Gasteiger partial charge on any atom is 0.341 e. The Balaban J connectivity index is 1.68. The van der Waals surface area contributed by atoms with Gasteiger partial charge in [-0.1, -0.05) is 26.3 Å². The standard InChI is InChI=1S/C27H37NO5S/c1-5-8-15-33-21-13-10-19(17-22(21)31-6-2)11-14-24(29)28-26-25(27(30)32-7-3)20-12-9-18(4)16-23(20)34-26/h10,13,17-18H,5-9,11-12,14-16H2,1-4H3,(H,28,29). The zero-order valence-corrected chi connectivity index (χ0v) is 21.6. The van der Waals surface area contributed by atoms with Crippen LogP contribution in [0.15, 0.2) is 18.2 Å². The number of thiophene rings is 1. The summed E-state index contributed by atoms with van der Waals surface area (Å²) in [6.07, 6.45) is 5.78. The first-order valence-electron chi connectivity index (χ1n) is 12.5. The van der Waals surface area contributed by atoms with Crippen LogP contribution in [0.5, 0.6) is 11.5 Å². The van der Waals surface area contributed by atoms with E-state index in [2.05, 4.69) is 19.2 Å². The number of benzene rings is 1. The zero-order valence-electron chi connectivity index (χ0n) is 20.8. The smallest absolute Gasteiger partial charge is 0.341 e. The summed E-state index contributed by atoms with van der Waals surface area (Å²) in [4.78, 5) is 26.7. The third-order valence-electron chi connectivity index (χ3n) is 5.95. The average Bonchev–Trinajstić information content (AvgIpc) is 3.16. The van der Waals surface area contributed by atoms with E-state index in [1.165, 1.54) is 16.2 Å². The predicted octanol–water partition coefficient (Wildman–Crippen LogP) is 6.20. The Bertz CT molecular complexity index is 984. The number of unbranched alkanes of at least 4 members (excludes halogenated alkanes) is 1. The van der Waals surface area contributed by atoms with Crippen molar-refractivity contribution >= 4 is 28.2 Å². The predicted molar refractivity (Wildman–Crippen MR) is 136 cm³/mol. The van der Waals surface area contributed by atoms with E-state index in [9.17, 15) is 9.59 Å². The molecule has 0 spiro atoms. The maximum atomic E-state index is 12.8. The van der Waals surface area contributed by atoms with Crippen molar-refractivity contribution in [2.24, 2.45) is 5.92 Å². The molecular formula is C27H37NO5S. The lowest BCUT2D eigenvalue weighted by Crippen LogP contribution is -2.17. The quantitative estimate of drug-likeness (QED) is 0.285. The molecule has 1 amide bonds. The Morgan fingerprint density at radius 2 is 1.94 bits per heavy atom. The van der Waals surface area contributed by atoms with Crippen molar-refractivity contribution < 1.29 is 23.8 Å². The number of rotatable bonds is 12. The normalized spacial score (nSPS) is 14.9. The van der Waals surface area contributed by atoms with Crippen LogP contribution in [0.25, 0.3) is 0 Å². The molecule has 1 aromatic carbocycles. The summed E-state index contributed by atoms with van der Waals surface area (Å²) in [5.74, 6) is 1.57. The second-order valence-electron chi connectivity index (χ2n) is 8.74. The SMILES string of the molecule is CCCCOc1ccc(CCC(=O)Nc2sc3c(c2C(=O)OCC)CCC(C)C3)cc1OCC. The topological polar surface area (TPSA) is 73.9 Å². The van der Waals surface area contributed by atoms with Crippen LogP contribution in [0.3, 0.4) is 0 Å². The first kappa shape index (κ1) is 26.1. The van der Waals surface area contributed by atoms with Crippen LogP contribution in [0.2, 0.25) is 0 Å². The van der Waals surface area contributed by atoms with Gasteiger partial charge in [-0.05, 0) is 75.1 Å². The van der Waals surface area contributed by atoms with Crippen molar-refractivity contribution in [2.75, 3.05) is 25.1 Å². The van der Waals surface area contributed by atoms with E-state index in [1.54, 1.807) is 6.92 Å². The molecule has 0 fully saturated rings. The molecule has 1 atom stereocenters. The summed E-state index contributed by atoms with van der Waals surface area (Å²) in [5, 5.41) is 3.62. The van der Waals surface area contributed by atoms with Crippen molar-refractivity contribution in [2.45, 2.75) is 72.6 Å². The molecule has 6 nitrogen and oxygen atoms in total. The number of nitrogens with one attached hydrogen (secondary N) is 1. The molecular weight excluding hydrogens is 450 g/mol. The third-order valence-corrected chi connectivity index (χ3v) is 7.12. The van der Waals surface area contributed by atoms with Gasteiger partial charge in [-0.3, -0.25) is 4.79 Å². The van der Waals surface area contributed by atoms with Gasteiger partial charge >= 0.3 is 5.97 Å². The highest BCUT2D eigenvalue weighted by Gasteiger charge is 2.29. The van der Waals surface area contributed by atoms with Crippen molar-refractivity contribution in [3.8, 4) is 11.5 Å². The van der Waals surface area contributed by atoms with Crippen molar-refractivity contribution in [1.82, 2.24) is 0 Å². The summed E-state index contributed by atoms with van der Waals surface area (Å²) >= 11 is 1.52. The molecule has 1 aliphatic carbocycles. The second kappa shape index (κ2) is 12.8. The number of hydrogen-bond acceptors (Lipinski definition) is 6. The Kier molecular flexibility index (Phi) is 9.81. The summed E-state index contributed by atoms with van der Waals surface area (Å²) in [6.45, 7) is 9.61. The van der Waals surface area contributed by atoms with Gasteiger partial charge in [0.15, 0.2) is 11.5 Å². The summed E-state index contributed by atoms with van der Waals surface area (Å²) < 4.78 is 16.9. The number of carbonyl (C=O) groups excluding carboxylic acids is 2. The molecule has 1 unspecified atom stereocenters. The van der Waals surface area contributed by atoms with Crippen LogP contribution in [-0.2, 0) is 28.8 Å². The van der Waals surface area contributed by atoms with E-state index in [0.717, 1.165) is 49.0 Å². The van der Waals surface area contributed by atoms with Crippen LogP contribution in [0, 0.1) is 5.92 Å². The molecule has 3 rings (SSSR count). The fourth-order valence-electron chi connectivity index (χ4n) is 4.13. The molecule has 0 saturated carbocycles. The molecule has 0 bridgehead atoms. The number of carbonyl (C=O) groups is 2. The summed E-state index contributed by atoms with van der Waals surface area (Å²) in [5.41, 5.74) is 2.61. The summed E-state index contributed by atoms with van der Waals surface area (Å²) in [6, 6.07) is 5.85. The van der Waals surface area contributed by atoms with Crippen molar-refractivity contribution in [1.29, 1.82) is 0 Å². The number of esters is 1. The van der Waals surface area contributed by atoms with Crippen LogP contribution in [0.1, 0.15) is 79.7 Å². The van der Waals surface area contributed by atoms with E-state index in [-0.39, 0.29) is 11.9 Å². The third kappa shape index (κ3) is 6.75. The molecule has 2 aromatic rings. The fraction of sp³-hybridized carbons (Fsp3) is 0.556. The number of aryl methyl sites for hydroxylation is 1. The number of ether oxygens (including phenoxy) is 3. The Labute approximate surface area is 207 Å². The lowest BCUT2D eigenvalue weighted by molar-refractivity contribution is -0.116. The van der Waals surface area contributed by atoms with Crippen LogP contribution in [-0.4, -0.2) is 31.7 Å². The van der Waals surface area contributed by atoms with Crippen molar-refractivity contribution in [3.05, 3.63) is 39.8 Å². The van der Waals surface area contributed by atoms with Crippen molar-refractivity contribution in [3.63, 3.8) is 0 Å². The number of fused-ring (bicyclic) bond motifs is 1. The van der Waals surface area contributed by atoms with E-state index in [1.807, 2.05) is 25.1 Å². The van der Waals surface area contributed by atoms with Crippen LogP contribution < -0.4 is 14.8 Å². The molecule has 0 aliphatic heterocycles. The van der Waals surface area contributed by atoms with E-state index >= 15 is 0 Å². The van der Waals surface area contributed by atoms with E-state index in [0.29, 0.717) is 54.9 Å². The van der Waals surface area contributed by atoms with Crippen LogP contribution >= 0.6 is 11.3 Å². The van der Waals surface area contributed by atoms with Gasteiger partial charge in [0.2, 0.25) is 5.91 Å². The highest BCUT2D eigenvalue weighted by atomic mass is 32.1. The maximum absolute atomic E-state index is 12.8. The zero-order chi connectivity index (χ0) is 24.5. The largest absolute Gasteiger partial charge is 0.490 e. The van der Waals surface area contributed by atoms with E-state index in [4.69, 9.17) is 14.2 Å². The van der Waals surface area contributed by atoms with Gasteiger partial charge in [0.1, 0.15) is 5.00 Å². The molecule has 0 radical (unpaired) electrons. The van der Waals surface area contributed by atoms with Gasteiger partial charge in [0.25, 0.3) is 0 Å². The number of amides is 1. The van der Waals surface area contributed by atoms with Gasteiger partial charge in [-0.2, -0.15) is 0 Å². The Morgan fingerprint density at radius 3 is 2.68 bits per heavy atom. The minimum absolute atomic E-state index is 0.113. The Morgan fingerprint density at radius 1 is 1.12 bits per heavy atom. The second-order valence-corrected chi connectivity index (χ2v) is 9.85. The molecule has 1 N–H and O–H groups in total. The summed E-state index contributed by atoms with van der Waals surface area (Å²) in [7, 11) is 0. The molecule has 1 heterocycles. The minimum Gasteiger partial charge on any atom is -0.490 e. The lowest BCUT2D eigenvalue weighted by atomic mass is 9.88. The number of anilines is 1. The van der Waals surface area contributed by atoms with Gasteiger partial charge in [0.05, 0.1) is 25.4 Å². The molecule has 0 saturated heterocycles. The highest BCUT2D eigenvalue weighted by molar-refractivity contribution is 7.17. The number of hydrogen-bond donors (Lipinski definition) is 1. The monoisotopic (exact) mass is 487 g/mol. The molecule has 186 valence electrons. The van der Waals surface area contributed by atoms with Gasteiger partial charge < -0.3 is 19.5 Å². The van der Waals surface area contributed by atoms with E-state index < -0.39 is 0 Å².